The number of alkyl halides is 3. The molecule has 1 aromatic carbocycles. The molecule has 3 fully saturated rings. The first-order chi connectivity index (χ1) is 15.0. The highest BCUT2D eigenvalue weighted by molar-refractivity contribution is 6.00. The molecule has 1 saturated carbocycles. The molecule has 0 atom stereocenters. The number of nitrogens with zero attached hydrogens (tertiary/aromatic N) is 3. The summed E-state index contributed by atoms with van der Waals surface area (Å²) >= 11 is 0. The molecule has 0 unspecified atom stereocenters. The van der Waals surface area contributed by atoms with E-state index in [1.807, 2.05) is 0 Å². The first kappa shape index (κ1) is 22.6. The van der Waals surface area contributed by atoms with Crippen LogP contribution < -0.4 is 0 Å². The number of carbonyl (C=O) groups is 3. The Hall–Kier alpha value is -2.58. The van der Waals surface area contributed by atoms with E-state index in [-0.39, 0.29) is 49.9 Å². The van der Waals surface area contributed by atoms with Crippen molar-refractivity contribution in [2.24, 2.45) is 5.92 Å². The molecule has 1 aliphatic carbocycles. The average Bonchev–Trinajstić information content (AvgIpc) is 2.69. The molecule has 0 bridgehead atoms. The van der Waals surface area contributed by atoms with Gasteiger partial charge in [-0.25, -0.2) is 0 Å². The molecule has 2 aliphatic heterocycles. The van der Waals surface area contributed by atoms with Gasteiger partial charge < -0.3 is 14.7 Å². The predicted molar refractivity (Wildman–Crippen MR) is 110 cm³/mol. The highest BCUT2D eigenvalue weighted by atomic mass is 19.4. The van der Waals surface area contributed by atoms with Gasteiger partial charge in [0.05, 0.1) is 18.7 Å². The second-order valence-corrected chi connectivity index (χ2v) is 9.43. The Labute approximate surface area is 185 Å². The molecule has 0 aromatic heterocycles. The summed E-state index contributed by atoms with van der Waals surface area (Å²) in [6.07, 6.45) is -0.725. The predicted octanol–water partition coefficient (Wildman–Crippen LogP) is 3.06. The lowest BCUT2D eigenvalue weighted by Gasteiger charge is -2.59. The summed E-state index contributed by atoms with van der Waals surface area (Å²) in [4.78, 5) is 43.4. The summed E-state index contributed by atoms with van der Waals surface area (Å²) in [6, 6.07) is 4.65. The first-order valence-corrected chi connectivity index (χ1v) is 11.0. The maximum atomic E-state index is 13.7. The number of hydrogen-bond acceptors (Lipinski definition) is 3. The van der Waals surface area contributed by atoms with E-state index in [1.165, 1.54) is 28.9 Å². The minimum atomic E-state index is -4.44. The Bertz CT molecular complexity index is 901. The lowest BCUT2D eigenvalue weighted by Crippen LogP contribution is -2.81. The van der Waals surface area contributed by atoms with Crippen LogP contribution in [0.25, 0.3) is 0 Å². The molecule has 0 radical (unpaired) electrons. The highest BCUT2D eigenvalue weighted by Gasteiger charge is 2.60. The largest absolute Gasteiger partial charge is 0.416 e. The van der Waals surface area contributed by atoms with Crippen molar-refractivity contribution in [1.29, 1.82) is 0 Å². The molecular weight excluding hydrogens is 423 g/mol. The highest BCUT2D eigenvalue weighted by Crippen LogP contribution is 2.38. The van der Waals surface area contributed by atoms with Crippen LogP contribution in [0.2, 0.25) is 0 Å². The van der Waals surface area contributed by atoms with Gasteiger partial charge in [0.25, 0.3) is 5.91 Å². The van der Waals surface area contributed by atoms with Crippen molar-refractivity contribution in [1.82, 2.24) is 14.7 Å². The smallest absolute Gasteiger partial charge is 0.337 e. The summed E-state index contributed by atoms with van der Waals surface area (Å²) in [5, 5.41) is 0. The zero-order valence-corrected chi connectivity index (χ0v) is 18.3. The van der Waals surface area contributed by atoms with E-state index < -0.39 is 17.3 Å². The number of amides is 3. The average molecular weight is 451 g/mol. The molecule has 3 amide bonds. The zero-order valence-electron chi connectivity index (χ0n) is 18.3. The van der Waals surface area contributed by atoms with Gasteiger partial charge in [0.1, 0.15) is 6.54 Å². The lowest BCUT2D eigenvalue weighted by atomic mass is 9.80. The first-order valence-electron chi connectivity index (χ1n) is 11.0. The molecular formula is C23H28F3N3O3. The van der Waals surface area contributed by atoms with E-state index >= 15 is 0 Å². The summed E-state index contributed by atoms with van der Waals surface area (Å²) in [7, 11) is 0. The van der Waals surface area contributed by atoms with Gasteiger partial charge in [-0.2, -0.15) is 13.2 Å². The Kier molecular flexibility index (Phi) is 5.71. The fourth-order valence-corrected chi connectivity index (χ4v) is 5.11. The molecule has 2 saturated heterocycles. The van der Waals surface area contributed by atoms with E-state index in [0.717, 1.165) is 37.8 Å². The van der Waals surface area contributed by atoms with Gasteiger partial charge in [-0.1, -0.05) is 19.1 Å². The normalized spacial score (nSPS) is 25.8. The quantitative estimate of drug-likeness (QED) is 0.710. The molecule has 32 heavy (non-hydrogen) atoms. The minimum Gasteiger partial charge on any atom is -0.337 e. The van der Waals surface area contributed by atoms with E-state index in [1.54, 1.807) is 4.90 Å². The number of carbonyl (C=O) groups excluding carboxylic acids is 3. The maximum Gasteiger partial charge on any atom is 0.416 e. The van der Waals surface area contributed by atoms with Gasteiger partial charge in [-0.15, -0.1) is 0 Å². The maximum absolute atomic E-state index is 13.7. The van der Waals surface area contributed by atoms with Crippen molar-refractivity contribution >= 4 is 17.7 Å². The van der Waals surface area contributed by atoms with E-state index in [4.69, 9.17) is 0 Å². The number of rotatable bonds is 3. The summed E-state index contributed by atoms with van der Waals surface area (Å²) < 4.78 is 38.7. The molecule has 9 heteroatoms. The Morgan fingerprint density at radius 1 is 1.06 bits per heavy atom. The Balaban J connectivity index is 1.58. The van der Waals surface area contributed by atoms with Crippen LogP contribution in [0.4, 0.5) is 13.2 Å². The minimum absolute atomic E-state index is 0.0131. The van der Waals surface area contributed by atoms with Crippen LogP contribution in [-0.2, 0) is 27.1 Å². The molecule has 6 nitrogen and oxygen atoms in total. The standard InChI is InChI=1S/C23H28F3N3O3/c1-15-3-9-19(10-4-15)28-12-20(31)29(22(21(28)32)13-27(14-22)16(2)30)11-17-5-7-18(8-6-17)23(24,25)26/h5-8,15,19H,3-4,9-14H2,1-2H3/t15-,19+. The van der Waals surface area contributed by atoms with Crippen LogP contribution in [0, 0.1) is 5.92 Å². The molecule has 174 valence electrons. The fourth-order valence-electron chi connectivity index (χ4n) is 5.11. The second kappa shape index (κ2) is 8.08. The third-order valence-electron chi connectivity index (χ3n) is 7.18. The van der Waals surface area contributed by atoms with Gasteiger partial charge in [0.15, 0.2) is 5.54 Å². The molecule has 2 heterocycles. The Morgan fingerprint density at radius 2 is 1.66 bits per heavy atom. The third-order valence-corrected chi connectivity index (χ3v) is 7.18. The lowest BCUT2D eigenvalue weighted by molar-refractivity contribution is -0.185. The van der Waals surface area contributed by atoms with Crippen LogP contribution in [0.5, 0.6) is 0 Å². The van der Waals surface area contributed by atoms with Crippen molar-refractivity contribution in [3.8, 4) is 0 Å². The summed E-state index contributed by atoms with van der Waals surface area (Å²) in [5.41, 5.74) is -1.40. The van der Waals surface area contributed by atoms with Crippen LogP contribution >= 0.6 is 0 Å². The third kappa shape index (κ3) is 3.97. The number of likely N-dealkylation sites (tertiary alicyclic amines) is 1. The van der Waals surface area contributed by atoms with Gasteiger partial charge in [-0.05, 0) is 49.3 Å². The van der Waals surface area contributed by atoms with Gasteiger partial charge in [-0.3, -0.25) is 14.4 Å². The topological polar surface area (TPSA) is 60.9 Å². The van der Waals surface area contributed by atoms with Crippen molar-refractivity contribution < 1.29 is 27.6 Å². The van der Waals surface area contributed by atoms with Crippen molar-refractivity contribution in [2.45, 2.75) is 63.8 Å². The zero-order chi connectivity index (χ0) is 23.3. The second-order valence-electron chi connectivity index (χ2n) is 9.43. The van der Waals surface area contributed by atoms with E-state index in [0.29, 0.717) is 11.5 Å². The number of piperazine rings is 1. The van der Waals surface area contributed by atoms with Crippen molar-refractivity contribution in [3.05, 3.63) is 35.4 Å². The molecule has 3 aliphatic rings. The fraction of sp³-hybridized carbons (Fsp3) is 0.609. The van der Waals surface area contributed by atoms with Crippen LogP contribution in [0.15, 0.2) is 24.3 Å². The molecule has 0 N–H and O–H groups in total. The van der Waals surface area contributed by atoms with Crippen molar-refractivity contribution in [3.63, 3.8) is 0 Å². The monoisotopic (exact) mass is 451 g/mol. The number of benzene rings is 1. The van der Waals surface area contributed by atoms with E-state index in [9.17, 15) is 27.6 Å². The Morgan fingerprint density at radius 3 is 2.19 bits per heavy atom. The van der Waals surface area contributed by atoms with Crippen LogP contribution in [0.1, 0.15) is 50.7 Å². The van der Waals surface area contributed by atoms with Crippen molar-refractivity contribution in [2.75, 3.05) is 19.6 Å². The van der Waals surface area contributed by atoms with E-state index in [2.05, 4.69) is 6.92 Å². The molecule has 1 spiro atoms. The summed E-state index contributed by atoms with van der Waals surface area (Å²) in [5.74, 6) is 0.0465. The van der Waals surface area contributed by atoms with Crippen LogP contribution in [0.3, 0.4) is 0 Å². The molecule has 1 aromatic rings. The van der Waals surface area contributed by atoms with Crippen LogP contribution in [-0.4, -0.2) is 63.6 Å². The number of hydrogen-bond donors (Lipinski definition) is 0. The number of halogens is 3. The van der Waals surface area contributed by atoms with Gasteiger partial charge >= 0.3 is 6.18 Å². The van der Waals surface area contributed by atoms with Gasteiger partial charge in [0, 0.05) is 19.5 Å². The summed E-state index contributed by atoms with van der Waals surface area (Å²) in [6.45, 7) is 3.84. The SMILES string of the molecule is CC(=O)N1CC2(C1)C(=O)N([C@H]1CC[C@@H](C)CC1)CC(=O)N2Cc1ccc(C(F)(F)F)cc1. The van der Waals surface area contributed by atoms with Gasteiger partial charge in [0.2, 0.25) is 11.8 Å². The molecule has 4 rings (SSSR count).